The van der Waals surface area contributed by atoms with Crippen molar-refractivity contribution in [1.82, 2.24) is 4.90 Å². The highest BCUT2D eigenvalue weighted by Crippen LogP contribution is 2.48. The number of carbonyl (C=O) groups is 1. The number of amides is 1. The first-order chi connectivity index (χ1) is 10.6. The molecule has 2 aliphatic rings. The van der Waals surface area contributed by atoms with Crippen LogP contribution in [0.1, 0.15) is 44.7 Å². The summed E-state index contributed by atoms with van der Waals surface area (Å²) >= 11 is 0. The van der Waals surface area contributed by atoms with Gasteiger partial charge in [-0.3, -0.25) is 0 Å². The Hall–Kier alpha value is -1.56. The minimum Gasteiger partial charge on any atom is -0.444 e. The Morgan fingerprint density at radius 3 is 2.39 bits per heavy atom. The normalized spacial score (nSPS) is 22.0. The Balaban J connectivity index is 1.82. The zero-order chi connectivity index (χ0) is 16.9. The first kappa shape index (κ1) is 16.3. The van der Waals surface area contributed by atoms with Gasteiger partial charge in [-0.05, 0) is 44.7 Å². The average Bonchev–Trinajstić information content (AvgIpc) is 2.66. The van der Waals surface area contributed by atoms with E-state index in [2.05, 4.69) is 0 Å². The zero-order valence-electron chi connectivity index (χ0n) is 13.8. The van der Waals surface area contributed by atoms with Gasteiger partial charge in [0, 0.05) is 13.1 Å². The number of hydrogen-bond donors (Lipinski definition) is 0. The predicted molar refractivity (Wildman–Crippen MR) is 87.8 cm³/mol. The molecule has 0 saturated carbocycles. The van der Waals surface area contributed by atoms with Gasteiger partial charge in [-0.15, -0.1) is 0 Å². The van der Waals surface area contributed by atoms with Gasteiger partial charge >= 0.3 is 6.09 Å². The highest BCUT2D eigenvalue weighted by Gasteiger charge is 2.53. The summed E-state index contributed by atoms with van der Waals surface area (Å²) < 4.78 is 30.1. The lowest BCUT2D eigenvalue weighted by molar-refractivity contribution is 0.0193. The van der Waals surface area contributed by atoms with E-state index < -0.39 is 20.2 Å². The summed E-state index contributed by atoms with van der Waals surface area (Å²) in [7, 11) is -3.23. The second-order valence-corrected chi connectivity index (χ2v) is 9.68. The van der Waals surface area contributed by atoms with Crippen molar-refractivity contribution < 1.29 is 17.9 Å². The summed E-state index contributed by atoms with van der Waals surface area (Å²) in [5.74, 6) is 0.107. The lowest BCUT2D eigenvalue weighted by Gasteiger charge is -2.39. The molecule has 1 aromatic rings. The monoisotopic (exact) mass is 337 g/mol. The van der Waals surface area contributed by atoms with Crippen molar-refractivity contribution in [3.8, 4) is 0 Å². The Morgan fingerprint density at radius 2 is 1.78 bits per heavy atom. The fraction of sp³-hybridized carbons (Fsp3) is 0.588. The van der Waals surface area contributed by atoms with Gasteiger partial charge in [-0.25, -0.2) is 13.2 Å². The molecule has 0 radical (unpaired) electrons. The van der Waals surface area contributed by atoms with Crippen LogP contribution in [0.15, 0.2) is 24.3 Å². The van der Waals surface area contributed by atoms with Crippen LogP contribution in [0.4, 0.5) is 4.79 Å². The lowest BCUT2D eigenvalue weighted by Crippen LogP contribution is -2.48. The second kappa shape index (κ2) is 5.23. The van der Waals surface area contributed by atoms with Gasteiger partial charge in [0.05, 0.1) is 5.75 Å². The molecular weight excluding hydrogens is 314 g/mol. The number of fused-ring (bicyclic) bond motifs is 2. The molecule has 0 unspecified atom stereocenters. The van der Waals surface area contributed by atoms with Crippen LogP contribution in [-0.4, -0.2) is 38.1 Å². The number of hydrogen-bond acceptors (Lipinski definition) is 4. The van der Waals surface area contributed by atoms with Crippen molar-refractivity contribution in [2.75, 3.05) is 13.1 Å². The summed E-state index contributed by atoms with van der Waals surface area (Å²) in [4.78, 5) is 13.8. The van der Waals surface area contributed by atoms with Gasteiger partial charge in [0.15, 0.2) is 9.84 Å². The van der Waals surface area contributed by atoms with Crippen LogP contribution in [0.2, 0.25) is 0 Å². The summed E-state index contributed by atoms with van der Waals surface area (Å²) in [5, 5.41) is 0. The molecule has 2 heterocycles. The SMILES string of the molecule is CC(C)(C)OC(=O)N1CCC2(CC1)c1ccccc1CS2(=O)=O. The van der Waals surface area contributed by atoms with Crippen molar-refractivity contribution in [3.05, 3.63) is 35.4 Å². The summed E-state index contributed by atoms with van der Waals surface area (Å²) in [5.41, 5.74) is 1.28. The molecule has 0 atom stereocenters. The Morgan fingerprint density at radius 1 is 1.17 bits per heavy atom. The van der Waals surface area contributed by atoms with Crippen LogP contribution in [-0.2, 0) is 25.1 Å². The van der Waals surface area contributed by atoms with E-state index in [1.54, 1.807) is 4.90 Å². The summed E-state index contributed by atoms with van der Waals surface area (Å²) in [6, 6.07) is 7.58. The number of sulfone groups is 1. The molecule has 1 fully saturated rings. The molecule has 23 heavy (non-hydrogen) atoms. The van der Waals surface area contributed by atoms with Gasteiger partial charge in [-0.2, -0.15) is 0 Å². The van der Waals surface area contributed by atoms with E-state index in [0.29, 0.717) is 25.9 Å². The van der Waals surface area contributed by atoms with Gasteiger partial charge in [-0.1, -0.05) is 24.3 Å². The van der Waals surface area contributed by atoms with E-state index in [1.165, 1.54) is 0 Å². The minimum absolute atomic E-state index is 0.107. The maximum atomic E-state index is 12.8. The third kappa shape index (κ3) is 2.73. The molecule has 1 amide bonds. The van der Waals surface area contributed by atoms with Crippen molar-refractivity contribution in [3.63, 3.8) is 0 Å². The Kier molecular flexibility index (Phi) is 3.71. The molecule has 0 aromatic heterocycles. The van der Waals surface area contributed by atoms with E-state index in [4.69, 9.17) is 4.74 Å². The van der Waals surface area contributed by atoms with Gasteiger partial charge in [0.1, 0.15) is 10.3 Å². The highest BCUT2D eigenvalue weighted by atomic mass is 32.2. The summed E-state index contributed by atoms with van der Waals surface area (Å²) in [6.45, 7) is 6.29. The van der Waals surface area contributed by atoms with Crippen LogP contribution in [0.5, 0.6) is 0 Å². The fourth-order valence-electron chi connectivity index (χ4n) is 3.56. The predicted octanol–water partition coefficient (Wildman–Crippen LogP) is 2.84. The van der Waals surface area contributed by atoms with Crippen molar-refractivity contribution in [1.29, 1.82) is 0 Å². The quantitative estimate of drug-likeness (QED) is 0.730. The molecule has 1 aromatic carbocycles. The maximum Gasteiger partial charge on any atom is 0.410 e. The van der Waals surface area contributed by atoms with Crippen LogP contribution >= 0.6 is 0 Å². The van der Waals surface area contributed by atoms with Crippen LogP contribution in [0, 0.1) is 0 Å². The van der Waals surface area contributed by atoms with E-state index in [0.717, 1.165) is 11.1 Å². The van der Waals surface area contributed by atoms with Gasteiger partial charge in [0.25, 0.3) is 0 Å². The summed E-state index contributed by atoms with van der Waals surface area (Å²) in [6.07, 6.45) is 0.507. The topological polar surface area (TPSA) is 63.7 Å². The molecule has 2 aliphatic heterocycles. The van der Waals surface area contributed by atoms with Crippen molar-refractivity contribution >= 4 is 15.9 Å². The number of ether oxygens (including phenoxy) is 1. The van der Waals surface area contributed by atoms with Gasteiger partial charge < -0.3 is 9.64 Å². The standard InChI is InChI=1S/C17H23NO4S/c1-16(2,3)22-15(19)18-10-8-17(9-11-18)14-7-5-4-6-13(14)12-23(17,20)21/h4-7H,8-12H2,1-3H3. The molecule has 126 valence electrons. The van der Waals surface area contributed by atoms with Gasteiger partial charge in [0.2, 0.25) is 0 Å². The zero-order valence-corrected chi connectivity index (χ0v) is 14.6. The minimum atomic E-state index is -3.23. The van der Waals surface area contributed by atoms with E-state index in [1.807, 2.05) is 45.0 Å². The molecule has 5 nitrogen and oxygen atoms in total. The number of benzene rings is 1. The molecule has 0 bridgehead atoms. The maximum absolute atomic E-state index is 12.8. The molecule has 6 heteroatoms. The van der Waals surface area contributed by atoms with E-state index in [9.17, 15) is 13.2 Å². The smallest absolute Gasteiger partial charge is 0.410 e. The van der Waals surface area contributed by atoms with Crippen molar-refractivity contribution in [2.45, 2.75) is 49.7 Å². The number of rotatable bonds is 0. The average molecular weight is 337 g/mol. The third-order valence-electron chi connectivity index (χ3n) is 4.67. The molecule has 0 N–H and O–H groups in total. The second-order valence-electron chi connectivity index (χ2n) is 7.38. The molecule has 1 spiro atoms. The number of carbonyl (C=O) groups excluding carboxylic acids is 1. The van der Waals surface area contributed by atoms with Crippen LogP contribution in [0.25, 0.3) is 0 Å². The first-order valence-corrected chi connectivity index (χ1v) is 9.58. The fourth-order valence-corrected chi connectivity index (χ4v) is 5.83. The first-order valence-electron chi connectivity index (χ1n) is 7.93. The number of piperidine rings is 1. The Labute approximate surface area is 137 Å². The third-order valence-corrected chi connectivity index (χ3v) is 7.18. The lowest BCUT2D eigenvalue weighted by atomic mass is 9.86. The Bertz CT molecular complexity index is 725. The van der Waals surface area contributed by atoms with E-state index >= 15 is 0 Å². The molecule has 1 saturated heterocycles. The van der Waals surface area contributed by atoms with Crippen molar-refractivity contribution in [2.24, 2.45) is 0 Å². The molecule has 3 rings (SSSR count). The largest absolute Gasteiger partial charge is 0.444 e. The van der Waals surface area contributed by atoms with Crippen LogP contribution < -0.4 is 0 Å². The van der Waals surface area contributed by atoms with Crippen LogP contribution in [0.3, 0.4) is 0 Å². The number of nitrogens with zero attached hydrogens (tertiary/aromatic N) is 1. The molecule has 0 aliphatic carbocycles. The number of likely N-dealkylation sites (tertiary alicyclic amines) is 1. The highest BCUT2D eigenvalue weighted by molar-refractivity contribution is 7.92. The molecular formula is C17H23NO4S. The van der Waals surface area contributed by atoms with E-state index in [-0.39, 0.29) is 11.8 Å².